The quantitative estimate of drug-likeness (QED) is 0.247. The third-order valence-corrected chi connectivity index (χ3v) is 0. The van der Waals surface area contributed by atoms with Gasteiger partial charge in [0, 0.05) is 0 Å². The molecule has 0 spiro atoms. The molecule has 0 N–H and O–H groups in total. The van der Waals surface area contributed by atoms with Crippen LogP contribution in [-0.2, 0) is 119 Å². The van der Waals surface area contributed by atoms with Crippen LogP contribution in [0.4, 0.5) is 0 Å². The molecule has 0 fully saturated rings. The van der Waals surface area contributed by atoms with Gasteiger partial charge < -0.3 is 213 Å². The molecule has 0 aliphatic carbocycles. The van der Waals surface area contributed by atoms with Gasteiger partial charge in [-0.3, -0.25) is 0 Å². The number of hydrogen-bond acceptors (Lipinski definition) is 18. The summed E-state index contributed by atoms with van der Waals surface area (Å²) in [6.07, 6.45) is 0. The van der Waals surface area contributed by atoms with Crippen LogP contribution < -0.4 is 0 Å². The molecule has 0 heterocycles. The number of hydrogen-bond donors (Lipinski definition) is 0. The van der Waals surface area contributed by atoms with Gasteiger partial charge in [0.1, 0.15) is 0 Å². The fourth-order valence-electron chi connectivity index (χ4n) is 0. The van der Waals surface area contributed by atoms with Crippen LogP contribution in [-0.4, -0.2) is 0 Å². The van der Waals surface area contributed by atoms with E-state index in [1.807, 2.05) is 0 Å². The van der Waals surface area contributed by atoms with E-state index in [1.54, 1.807) is 0 Å². The summed E-state index contributed by atoms with van der Waals surface area (Å²) >= 11 is 0. The fourth-order valence-corrected chi connectivity index (χ4v) is 0. The van der Waals surface area contributed by atoms with Crippen LogP contribution in [0.15, 0.2) is 0 Å². The average Bonchev–Trinajstić information content (AvgIpc) is 3.13. The van der Waals surface area contributed by atoms with Crippen LogP contribution in [0, 0.1) is 213 Å². The van der Waals surface area contributed by atoms with Crippen molar-refractivity contribution in [2.45, 2.75) is 0 Å². The second kappa shape index (κ2) is 1490. The van der Waals surface area contributed by atoms with Crippen LogP contribution in [0.3, 0.4) is 0 Å². The molecule has 43 heavy (non-hydrogen) atoms. The zero-order valence-electron chi connectivity index (χ0n) is 19.5. The normalized spacial score (nSPS) is 0.837. The molecule has 215 valence electrons. The molecule has 0 saturated heterocycles. The number of rotatable bonds is 0. The largest absolute Gasteiger partial charge is 3.00 e. The molecule has 7 radical (unpaired) electrons. The number of nitrogens with zero attached hydrogens (tertiary/aromatic N) is 18. The molecule has 0 aromatic rings. The van der Waals surface area contributed by atoms with E-state index in [2.05, 4.69) is 0 Å². The summed E-state index contributed by atoms with van der Waals surface area (Å²) in [6.45, 7) is 85.5. The van der Waals surface area contributed by atoms with Crippen molar-refractivity contribution in [2.75, 3.05) is 0 Å². The summed E-state index contributed by atoms with van der Waals surface area (Å²) in [5.41, 5.74) is 0. The molecule has 0 aromatic carbocycles. The van der Waals surface area contributed by atoms with Crippen LogP contribution in [0.5, 0.6) is 0 Å². The van der Waals surface area contributed by atoms with E-state index in [4.69, 9.17) is 213 Å². The Labute approximate surface area is 329 Å². The van der Waals surface area contributed by atoms with Crippen molar-refractivity contribution in [2.24, 2.45) is 0 Å². The first-order valence-corrected chi connectivity index (χ1v) is 4.02. The van der Waals surface area contributed by atoms with Crippen LogP contribution in [0.1, 0.15) is 0 Å². The van der Waals surface area contributed by atoms with Gasteiger partial charge in [0.15, 0.2) is 0 Å². The molecule has 0 unspecified atom stereocenters. The smallest absolute Gasteiger partial charge is 0.512 e. The fraction of sp³-hybridized carbons (Fsp3) is 0. The first-order valence-electron chi connectivity index (χ1n) is 4.02. The Kier molecular flexibility index (Phi) is 11100. The van der Waals surface area contributed by atoms with E-state index in [1.165, 1.54) is 0 Å². The zero-order chi connectivity index (χ0) is 36.0. The zero-order valence-corrected chi connectivity index (χ0v) is 27.3. The average molecular weight is 859 g/mol. The van der Waals surface area contributed by atoms with E-state index < -0.39 is 0 Å². The molecule has 0 bridgehead atoms. The summed E-state index contributed by atoms with van der Waals surface area (Å²) in [4.78, 5) is 0. The molecular formula is C18Fe7N18+3. The Morgan fingerprint density at radius 3 is 0.0930 bits per heavy atom. The van der Waals surface area contributed by atoms with Crippen molar-refractivity contribution in [1.29, 1.82) is 94.7 Å². The van der Waals surface area contributed by atoms with Gasteiger partial charge in [0.25, 0.3) is 0 Å². The molecule has 25 heteroatoms. The summed E-state index contributed by atoms with van der Waals surface area (Å²) in [5, 5.41) is 112. The third kappa shape index (κ3) is 1410. The molecular weight excluding hydrogens is 859 g/mol. The second-order valence-electron chi connectivity index (χ2n) is 0. The molecule has 0 rings (SSSR count). The molecule has 0 amide bonds. The van der Waals surface area contributed by atoms with Gasteiger partial charge in [-0.05, 0) is 0 Å². The van der Waals surface area contributed by atoms with Gasteiger partial charge >= 0.3 is 119 Å². The summed E-state index contributed by atoms with van der Waals surface area (Å²) in [5.74, 6) is 0. The summed E-state index contributed by atoms with van der Waals surface area (Å²) < 4.78 is 0. The molecule has 18 nitrogen and oxygen atoms in total. The molecule has 0 saturated carbocycles. The molecule has 0 atom stereocenters. The summed E-state index contributed by atoms with van der Waals surface area (Å²) in [7, 11) is 0. The van der Waals surface area contributed by atoms with E-state index in [0.29, 0.717) is 0 Å². The molecule has 0 aliphatic heterocycles. The van der Waals surface area contributed by atoms with Gasteiger partial charge in [0.2, 0.25) is 0 Å². The minimum atomic E-state index is 0. The maximum atomic E-state index is 6.25. The first-order chi connectivity index (χ1) is 18.0. The van der Waals surface area contributed by atoms with Crippen molar-refractivity contribution in [3.05, 3.63) is 118 Å². The van der Waals surface area contributed by atoms with Crippen molar-refractivity contribution in [3.63, 3.8) is 0 Å². The Morgan fingerprint density at radius 2 is 0.0930 bits per heavy atom. The summed E-state index contributed by atoms with van der Waals surface area (Å²) in [6, 6.07) is 0. The standard InChI is InChI=1S/18CN.7Fe/c18*1-2;;;;;;;/q18*-1;7*+3. The first kappa shape index (κ1) is 321. The maximum Gasteiger partial charge on any atom is 3.00 e. The van der Waals surface area contributed by atoms with Crippen molar-refractivity contribution in [1.82, 2.24) is 0 Å². The Bertz CT molecular complexity index is 374. The third-order valence-electron chi connectivity index (χ3n) is 0. The van der Waals surface area contributed by atoms with E-state index in [9.17, 15) is 0 Å². The second-order valence-corrected chi connectivity index (χ2v) is 0. The van der Waals surface area contributed by atoms with Crippen LogP contribution in [0.25, 0.3) is 0 Å². The van der Waals surface area contributed by atoms with Gasteiger partial charge in [-0.15, -0.1) is 0 Å². The van der Waals surface area contributed by atoms with Gasteiger partial charge in [0.05, 0.1) is 0 Å². The van der Waals surface area contributed by atoms with Crippen LogP contribution >= 0.6 is 0 Å². The van der Waals surface area contributed by atoms with Gasteiger partial charge in [-0.1, -0.05) is 0 Å². The minimum Gasteiger partial charge on any atom is -0.512 e. The van der Waals surface area contributed by atoms with E-state index in [0.717, 1.165) is 0 Å². The monoisotopic (exact) mass is 860 g/mol. The topological polar surface area (TPSA) is 428 Å². The van der Waals surface area contributed by atoms with Crippen molar-refractivity contribution < 1.29 is 119 Å². The Morgan fingerprint density at radius 1 is 0.0930 bits per heavy atom. The van der Waals surface area contributed by atoms with Crippen molar-refractivity contribution >= 4 is 0 Å². The van der Waals surface area contributed by atoms with Gasteiger partial charge in [-0.25, -0.2) is 0 Å². The SMILES string of the molecule is [C-]#N.[C-]#N.[C-]#N.[C-]#N.[C-]#N.[C-]#N.[C-]#N.[C-]#N.[C-]#N.[C-]#N.[C-]#N.[C-]#N.[C-]#N.[C-]#N.[C-]#N.[C-]#N.[C-]#N.[C-]#N.[Fe+3].[Fe+3].[Fe+3].[Fe+3].[Fe+3].[Fe+3].[Fe+3]. The van der Waals surface area contributed by atoms with Crippen LogP contribution in [0.2, 0.25) is 0 Å². The van der Waals surface area contributed by atoms with Gasteiger partial charge in [-0.2, -0.15) is 0 Å². The molecule has 0 aliphatic rings. The Balaban J connectivity index is -0.00000000344. The predicted octanol–water partition coefficient (Wildman–Crippen LogP) is 1.72. The van der Waals surface area contributed by atoms with E-state index >= 15 is 0 Å². The predicted molar refractivity (Wildman–Crippen MR) is 89.4 cm³/mol. The molecule has 0 aromatic heterocycles. The minimum absolute atomic E-state index is 0. The Hall–Kier alpha value is -5.54. The maximum absolute atomic E-state index is 6.25. The van der Waals surface area contributed by atoms with Crippen molar-refractivity contribution in [3.8, 4) is 0 Å². The van der Waals surface area contributed by atoms with E-state index in [-0.39, 0.29) is 119 Å².